The molecule has 0 aliphatic carbocycles. The van der Waals surface area contributed by atoms with Gasteiger partial charge >= 0.3 is 0 Å². The van der Waals surface area contributed by atoms with E-state index >= 15 is 0 Å². The summed E-state index contributed by atoms with van der Waals surface area (Å²) in [6, 6.07) is 0. The van der Waals surface area contributed by atoms with Crippen LogP contribution < -0.4 is 5.32 Å². The second kappa shape index (κ2) is 6.35. The molecule has 0 bridgehead atoms. The van der Waals surface area contributed by atoms with Gasteiger partial charge in [-0.3, -0.25) is 4.98 Å². The van der Waals surface area contributed by atoms with Gasteiger partial charge in [-0.25, -0.2) is 0 Å². The quantitative estimate of drug-likeness (QED) is 0.867. The Bertz CT molecular complexity index is 237. The first-order valence-electron chi connectivity index (χ1n) is 4.65. The highest BCUT2D eigenvalue weighted by molar-refractivity contribution is 7.09. The largest absolute Gasteiger partial charge is 0.371 e. The van der Waals surface area contributed by atoms with Gasteiger partial charge in [0.1, 0.15) is 0 Å². The standard InChI is InChI=1S/C9H14N2OS.ClH/c1-2-8(4-10-3-1)12-6-9-5-11-7-13-9;/h5,7-8,10H,1-4,6H2;1H/t8-;/m0./s1. The van der Waals surface area contributed by atoms with Crippen molar-refractivity contribution in [1.82, 2.24) is 10.3 Å². The molecule has 1 atom stereocenters. The van der Waals surface area contributed by atoms with Gasteiger partial charge in [0.15, 0.2) is 0 Å². The molecular formula is C9H15ClN2OS. The van der Waals surface area contributed by atoms with Crippen LogP contribution in [0.2, 0.25) is 0 Å². The maximum atomic E-state index is 5.74. The van der Waals surface area contributed by atoms with Gasteiger partial charge in [0.2, 0.25) is 0 Å². The molecule has 0 saturated carbocycles. The molecule has 0 radical (unpaired) electrons. The maximum Gasteiger partial charge on any atom is 0.0829 e. The minimum absolute atomic E-state index is 0. The minimum Gasteiger partial charge on any atom is -0.371 e. The number of rotatable bonds is 3. The molecule has 3 nitrogen and oxygen atoms in total. The summed E-state index contributed by atoms with van der Waals surface area (Å²) >= 11 is 1.65. The van der Waals surface area contributed by atoms with E-state index < -0.39 is 0 Å². The van der Waals surface area contributed by atoms with Crippen molar-refractivity contribution in [3.63, 3.8) is 0 Å². The van der Waals surface area contributed by atoms with Crippen molar-refractivity contribution >= 4 is 23.7 Å². The van der Waals surface area contributed by atoms with Crippen LogP contribution in [0.5, 0.6) is 0 Å². The highest BCUT2D eigenvalue weighted by atomic mass is 35.5. The summed E-state index contributed by atoms with van der Waals surface area (Å²) in [5.74, 6) is 0. The number of hydrogen-bond acceptors (Lipinski definition) is 4. The molecule has 80 valence electrons. The van der Waals surface area contributed by atoms with Gasteiger partial charge in [0.25, 0.3) is 0 Å². The van der Waals surface area contributed by atoms with Gasteiger partial charge in [0, 0.05) is 12.7 Å². The summed E-state index contributed by atoms with van der Waals surface area (Å²) in [6.45, 7) is 2.86. The number of hydrogen-bond donors (Lipinski definition) is 1. The molecule has 0 spiro atoms. The number of piperidine rings is 1. The van der Waals surface area contributed by atoms with Crippen molar-refractivity contribution in [2.45, 2.75) is 25.6 Å². The van der Waals surface area contributed by atoms with E-state index in [0.717, 1.165) is 19.7 Å². The molecule has 14 heavy (non-hydrogen) atoms. The summed E-state index contributed by atoms with van der Waals surface area (Å²) < 4.78 is 5.74. The topological polar surface area (TPSA) is 34.1 Å². The Hall–Kier alpha value is -0.160. The Morgan fingerprint density at radius 2 is 2.57 bits per heavy atom. The summed E-state index contributed by atoms with van der Waals surface area (Å²) in [4.78, 5) is 5.22. The van der Waals surface area contributed by atoms with Gasteiger partial charge in [-0.05, 0) is 19.4 Å². The molecule has 1 saturated heterocycles. The summed E-state index contributed by atoms with van der Waals surface area (Å²) in [5, 5.41) is 3.33. The Morgan fingerprint density at radius 3 is 3.21 bits per heavy atom. The maximum absolute atomic E-state index is 5.74. The Morgan fingerprint density at radius 1 is 1.64 bits per heavy atom. The van der Waals surface area contributed by atoms with E-state index in [-0.39, 0.29) is 12.4 Å². The van der Waals surface area contributed by atoms with Gasteiger partial charge < -0.3 is 10.1 Å². The van der Waals surface area contributed by atoms with Crippen molar-refractivity contribution in [2.24, 2.45) is 0 Å². The number of halogens is 1. The van der Waals surface area contributed by atoms with E-state index in [1.54, 1.807) is 11.3 Å². The number of aromatic nitrogens is 1. The van der Waals surface area contributed by atoms with E-state index in [1.807, 2.05) is 11.7 Å². The van der Waals surface area contributed by atoms with E-state index in [2.05, 4.69) is 10.3 Å². The molecule has 5 heteroatoms. The second-order valence-electron chi connectivity index (χ2n) is 3.25. The third-order valence-electron chi connectivity index (χ3n) is 2.20. The fraction of sp³-hybridized carbons (Fsp3) is 0.667. The van der Waals surface area contributed by atoms with Crippen LogP contribution in [0, 0.1) is 0 Å². The molecule has 0 aromatic carbocycles. The third kappa shape index (κ3) is 3.53. The van der Waals surface area contributed by atoms with Gasteiger partial charge in [-0.1, -0.05) is 0 Å². The van der Waals surface area contributed by atoms with Crippen LogP contribution in [-0.4, -0.2) is 24.2 Å². The molecule has 0 unspecified atom stereocenters. The van der Waals surface area contributed by atoms with Crippen LogP contribution in [-0.2, 0) is 11.3 Å². The monoisotopic (exact) mass is 234 g/mol. The Kier molecular flexibility index (Phi) is 5.40. The van der Waals surface area contributed by atoms with Gasteiger partial charge in [-0.2, -0.15) is 0 Å². The number of nitrogens with zero attached hydrogens (tertiary/aromatic N) is 1. The van der Waals surface area contributed by atoms with Crippen LogP contribution >= 0.6 is 23.7 Å². The van der Waals surface area contributed by atoms with Crippen LogP contribution in [0.25, 0.3) is 0 Å². The van der Waals surface area contributed by atoms with Crippen LogP contribution in [0.1, 0.15) is 17.7 Å². The normalized spacial score (nSPS) is 21.6. The second-order valence-corrected chi connectivity index (χ2v) is 4.22. The van der Waals surface area contributed by atoms with E-state index in [9.17, 15) is 0 Å². The molecule has 2 rings (SSSR count). The van der Waals surface area contributed by atoms with Crippen molar-refractivity contribution in [1.29, 1.82) is 0 Å². The SMILES string of the molecule is Cl.c1ncc(CO[C@H]2CCCNC2)s1. The average molecular weight is 235 g/mol. The lowest BCUT2D eigenvalue weighted by molar-refractivity contribution is 0.0266. The van der Waals surface area contributed by atoms with Crippen LogP contribution in [0.15, 0.2) is 11.7 Å². The lowest BCUT2D eigenvalue weighted by Crippen LogP contribution is -2.35. The highest BCUT2D eigenvalue weighted by Crippen LogP contribution is 2.12. The molecule has 1 aromatic rings. The molecule has 1 aliphatic rings. The van der Waals surface area contributed by atoms with Crippen molar-refractivity contribution < 1.29 is 4.74 Å². The van der Waals surface area contributed by atoms with Crippen molar-refractivity contribution in [3.05, 3.63) is 16.6 Å². The third-order valence-corrected chi connectivity index (χ3v) is 2.95. The molecule has 1 fully saturated rings. The number of thiazole rings is 1. The van der Waals surface area contributed by atoms with Crippen molar-refractivity contribution in [3.8, 4) is 0 Å². The van der Waals surface area contributed by atoms with E-state index in [4.69, 9.17) is 4.74 Å². The summed E-state index contributed by atoms with van der Waals surface area (Å²) in [5.41, 5.74) is 1.85. The molecule has 1 aliphatic heterocycles. The predicted octanol–water partition coefficient (Wildman–Crippen LogP) is 1.83. The Balaban J connectivity index is 0.000000980. The van der Waals surface area contributed by atoms with E-state index in [1.165, 1.54) is 17.7 Å². The Labute approximate surface area is 94.3 Å². The van der Waals surface area contributed by atoms with Gasteiger partial charge in [-0.15, -0.1) is 23.7 Å². The zero-order valence-electron chi connectivity index (χ0n) is 7.94. The smallest absolute Gasteiger partial charge is 0.0829 e. The zero-order chi connectivity index (χ0) is 8.93. The number of nitrogens with one attached hydrogen (secondary N) is 1. The summed E-state index contributed by atoms with van der Waals surface area (Å²) in [7, 11) is 0. The first-order valence-corrected chi connectivity index (χ1v) is 5.53. The first-order chi connectivity index (χ1) is 6.45. The summed E-state index contributed by atoms with van der Waals surface area (Å²) in [6.07, 6.45) is 4.69. The minimum atomic E-state index is 0. The zero-order valence-corrected chi connectivity index (χ0v) is 9.57. The molecule has 1 N–H and O–H groups in total. The fourth-order valence-corrected chi connectivity index (χ4v) is 1.99. The lowest BCUT2D eigenvalue weighted by Gasteiger charge is -2.22. The predicted molar refractivity (Wildman–Crippen MR) is 60.0 cm³/mol. The molecular weight excluding hydrogens is 220 g/mol. The highest BCUT2D eigenvalue weighted by Gasteiger charge is 2.12. The van der Waals surface area contributed by atoms with Crippen LogP contribution in [0.4, 0.5) is 0 Å². The van der Waals surface area contributed by atoms with Crippen molar-refractivity contribution in [2.75, 3.05) is 13.1 Å². The van der Waals surface area contributed by atoms with E-state index in [0.29, 0.717) is 6.10 Å². The average Bonchev–Trinajstić information content (AvgIpc) is 2.69. The molecule has 2 heterocycles. The molecule has 0 amide bonds. The van der Waals surface area contributed by atoms with Gasteiger partial charge in [0.05, 0.1) is 23.1 Å². The van der Waals surface area contributed by atoms with Crippen LogP contribution in [0.3, 0.4) is 0 Å². The first kappa shape index (κ1) is 11.9. The molecule has 1 aromatic heterocycles. The number of ether oxygens (including phenoxy) is 1. The lowest BCUT2D eigenvalue weighted by atomic mass is 10.1. The fourth-order valence-electron chi connectivity index (χ4n) is 1.48.